The Bertz CT molecular complexity index is 601. The molecule has 0 radical (unpaired) electrons. The number of carbonyl (C=O) groups excluding carboxylic acids is 1. The zero-order valence-corrected chi connectivity index (χ0v) is 16.1. The fraction of sp³-hybridized carbons (Fsp3) is 0.650. The number of rotatable bonds is 8. The first-order chi connectivity index (χ1) is 13.6. The molecule has 2 heterocycles. The fourth-order valence-electron chi connectivity index (χ4n) is 3.72. The lowest BCUT2D eigenvalue weighted by Crippen LogP contribution is -2.45. The minimum absolute atomic E-state index is 0.0143. The van der Waals surface area contributed by atoms with Crippen LogP contribution in [0.5, 0.6) is 5.75 Å². The van der Waals surface area contributed by atoms with Crippen molar-refractivity contribution in [3.8, 4) is 5.75 Å². The van der Waals surface area contributed by atoms with E-state index < -0.39 is 6.61 Å². The number of hydrogen-bond acceptors (Lipinski definition) is 5. The predicted octanol–water partition coefficient (Wildman–Crippen LogP) is 1.95. The van der Waals surface area contributed by atoms with Gasteiger partial charge in [-0.1, -0.05) is 12.1 Å². The molecule has 0 aromatic heterocycles. The first kappa shape index (κ1) is 21.0. The number of nitrogens with one attached hydrogen (secondary N) is 1. The highest BCUT2D eigenvalue weighted by molar-refractivity contribution is 5.78. The lowest BCUT2D eigenvalue weighted by molar-refractivity contribution is -0.122. The third-order valence-corrected chi connectivity index (χ3v) is 5.33. The van der Waals surface area contributed by atoms with Gasteiger partial charge >= 0.3 is 6.61 Å². The molecular weight excluding hydrogens is 368 g/mol. The number of amides is 1. The van der Waals surface area contributed by atoms with Crippen LogP contribution in [0.25, 0.3) is 0 Å². The summed E-state index contributed by atoms with van der Waals surface area (Å²) in [5.41, 5.74) is 0.846. The number of nitrogens with zero attached hydrogens (tertiary/aromatic N) is 2. The maximum Gasteiger partial charge on any atom is 0.387 e. The molecule has 28 heavy (non-hydrogen) atoms. The van der Waals surface area contributed by atoms with Crippen molar-refractivity contribution in [1.29, 1.82) is 0 Å². The number of ether oxygens (including phenoxy) is 2. The molecule has 0 bridgehead atoms. The van der Waals surface area contributed by atoms with E-state index in [0.717, 1.165) is 64.3 Å². The van der Waals surface area contributed by atoms with Gasteiger partial charge < -0.3 is 14.8 Å². The molecule has 2 aliphatic rings. The molecule has 2 fully saturated rings. The van der Waals surface area contributed by atoms with E-state index in [-0.39, 0.29) is 11.7 Å². The first-order valence-electron chi connectivity index (χ1n) is 9.91. The standard InChI is InChI=1S/C20H29F2N3O3/c21-20(22)28-18-3-1-16(2-4-18)13-23-19(26)15-24-7-5-17(6-8-24)14-25-9-11-27-12-10-25/h1-4,17,20H,5-15H2,(H,23,26). The summed E-state index contributed by atoms with van der Waals surface area (Å²) in [7, 11) is 0. The van der Waals surface area contributed by atoms with Crippen LogP contribution in [0.2, 0.25) is 0 Å². The smallest absolute Gasteiger partial charge is 0.387 e. The average molecular weight is 397 g/mol. The Morgan fingerprint density at radius 1 is 1.11 bits per heavy atom. The second-order valence-corrected chi connectivity index (χ2v) is 7.43. The molecular formula is C20H29F2N3O3. The summed E-state index contributed by atoms with van der Waals surface area (Å²) in [4.78, 5) is 16.9. The minimum atomic E-state index is -2.83. The fourth-order valence-corrected chi connectivity index (χ4v) is 3.72. The molecule has 1 amide bonds. The maximum atomic E-state index is 12.2. The lowest BCUT2D eigenvalue weighted by atomic mass is 9.96. The molecule has 2 saturated heterocycles. The van der Waals surface area contributed by atoms with Crippen LogP contribution in [0.3, 0.4) is 0 Å². The van der Waals surface area contributed by atoms with E-state index in [1.54, 1.807) is 12.1 Å². The largest absolute Gasteiger partial charge is 0.435 e. The summed E-state index contributed by atoms with van der Waals surface area (Å²) in [5.74, 6) is 0.802. The number of carbonyl (C=O) groups is 1. The zero-order chi connectivity index (χ0) is 19.8. The van der Waals surface area contributed by atoms with Crippen molar-refractivity contribution in [2.45, 2.75) is 26.0 Å². The maximum absolute atomic E-state index is 12.2. The van der Waals surface area contributed by atoms with Gasteiger partial charge in [-0.25, -0.2) is 0 Å². The van der Waals surface area contributed by atoms with E-state index in [1.807, 2.05) is 0 Å². The molecule has 6 nitrogen and oxygen atoms in total. The molecule has 0 unspecified atom stereocenters. The highest BCUT2D eigenvalue weighted by Crippen LogP contribution is 2.19. The number of likely N-dealkylation sites (tertiary alicyclic amines) is 1. The van der Waals surface area contributed by atoms with Gasteiger partial charge in [0.25, 0.3) is 0 Å². The van der Waals surface area contributed by atoms with Gasteiger partial charge in [0.1, 0.15) is 5.75 Å². The minimum Gasteiger partial charge on any atom is -0.435 e. The van der Waals surface area contributed by atoms with Gasteiger partial charge in [-0.15, -0.1) is 0 Å². The van der Waals surface area contributed by atoms with E-state index in [2.05, 4.69) is 19.9 Å². The van der Waals surface area contributed by atoms with E-state index in [0.29, 0.717) is 19.0 Å². The van der Waals surface area contributed by atoms with E-state index in [1.165, 1.54) is 12.1 Å². The van der Waals surface area contributed by atoms with Crippen LogP contribution in [0, 0.1) is 5.92 Å². The van der Waals surface area contributed by atoms with Gasteiger partial charge in [-0.05, 0) is 49.5 Å². The summed E-state index contributed by atoms with van der Waals surface area (Å²) in [5, 5.41) is 2.89. The third-order valence-electron chi connectivity index (χ3n) is 5.33. The van der Waals surface area contributed by atoms with Crippen molar-refractivity contribution >= 4 is 5.91 Å². The number of piperidine rings is 1. The van der Waals surface area contributed by atoms with Gasteiger partial charge in [-0.3, -0.25) is 14.6 Å². The summed E-state index contributed by atoms with van der Waals surface area (Å²) in [6.07, 6.45) is 2.24. The summed E-state index contributed by atoms with van der Waals surface area (Å²) in [6, 6.07) is 6.31. The Labute approximate surface area is 164 Å². The Morgan fingerprint density at radius 2 is 1.79 bits per heavy atom. The normalized spacial score (nSPS) is 19.7. The molecule has 156 valence electrons. The van der Waals surface area contributed by atoms with Crippen LogP contribution >= 0.6 is 0 Å². The second kappa shape index (κ2) is 10.7. The van der Waals surface area contributed by atoms with Crippen molar-refractivity contribution in [3.05, 3.63) is 29.8 Å². The van der Waals surface area contributed by atoms with Crippen LogP contribution < -0.4 is 10.1 Å². The molecule has 1 aromatic rings. The quantitative estimate of drug-likeness (QED) is 0.727. The van der Waals surface area contributed by atoms with Crippen molar-refractivity contribution in [2.75, 3.05) is 52.5 Å². The molecule has 2 aliphatic heterocycles. The zero-order valence-electron chi connectivity index (χ0n) is 16.1. The van der Waals surface area contributed by atoms with E-state index >= 15 is 0 Å². The van der Waals surface area contributed by atoms with Crippen molar-refractivity contribution in [1.82, 2.24) is 15.1 Å². The SMILES string of the molecule is O=C(CN1CCC(CN2CCOCC2)CC1)NCc1ccc(OC(F)F)cc1. The Morgan fingerprint density at radius 3 is 2.43 bits per heavy atom. The second-order valence-electron chi connectivity index (χ2n) is 7.43. The number of halogens is 2. The highest BCUT2D eigenvalue weighted by Gasteiger charge is 2.23. The third kappa shape index (κ3) is 7.00. The van der Waals surface area contributed by atoms with Gasteiger partial charge in [0, 0.05) is 26.2 Å². The van der Waals surface area contributed by atoms with E-state index in [4.69, 9.17) is 4.74 Å². The van der Waals surface area contributed by atoms with Gasteiger partial charge in [0.2, 0.25) is 5.91 Å². The number of alkyl halides is 2. The summed E-state index contributed by atoms with van der Waals surface area (Å²) >= 11 is 0. The van der Waals surface area contributed by atoms with E-state index in [9.17, 15) is 13.6 Å². The van der Waals surface area contributed by atoms with Crippen LogP contribution in [-0.2, 0) is 16.1 Å². The van der Waals surface area contributed by atoms with Crippen LogP contribution in [0.4, 0.5) is 8.78 Å². The van der Waals surface area contributed by atoms with Crippen LogP contribution in [0.1, 0.15) is 18.4 Å². The molecule has 0 atom stereocenters. The van der Waals surface area contributed by atoms with Crippen LogP contribution in [-0.4, -0.2) is 74.8 Å². The van der Waals surface area contributed by atoms with Gasteiger partial charge in [0.05, 0.1) is 19.8 Å². The summed E-state index contributed by atoms with van der Waals surface area (Å²) < 4.78 is 34.0. The molecule has 0 spiro atoms. The lowest BCUT2D eigenvalue weighted by Gasteiger charge is -2.35. The number of morpholine rings is 1. The molecule has 0 saturated carbocycles. The average Bonchev–Trinajstić information content (AvgIpc) is 2.69. The van der Waals surface area contributed by atoms with Crippen molar-refractivity contribution in [2.24, 2.45) is 5.92 Å². The van der Waals surface area contributed by atoms with Gasteiger partial charge in [-0.2, -0.15) is 8.78 Å². The number of hydrogen-bond donors (Lipinski definition) is 1. The molecule has 1 aromatic carbocycles. The predicted molar refractivity (Wildman–Crippen MR) is 101 cm³/mol. The number of benzene rings is 1. The summed E-state index contributed by atoms with van der Waals surface area (Å²) in [6.45, 7) is 4.69. The Kier molecular flexibility index (Phi) is 8.00. The van der Waals surface area contributed by atoms with Crippen molar-refractivity contribution in [3.63, 3.8) is 0 Å². The van der Waals surface area contributed by atoms with Crippen LogP contribution in [0.15, 0.2) is 24.3 Å². The topological polar surface area (TPSA) is 54.0 Å². The Hall–Kier alpha value is -1.77. The Balaban J connectivity index is 1.32. The first-order valence-corrected chi connectivity index (χ1v) is 9.91. The van der Waals surface area contributed by atoms with Gasteiger partial charge in [0.15, 0.2) is 0 Å². The molecule has 0 aliphatic carbocycles. The monoisotopic (exact) mass is 397 g/mol. The highest BCUT2D eigenvalue weighted by atomic mass is 19.3. The molecule has 1 N–H and O–H groups in total. The molecule has 3 rings (SSSR count). The molecule has 8 heteroatoms. The van der Waals surface area contributed by atoms with Crippen molar-refractivity contribution < 1.29 is 23.0 Å².